The van der Waals surface area contributed by atoms with Crippen molar-refractivity contribution in [2.45, 2.75) is 39.7 Å². The van der Waals surface area contributed by atoms with E-state index in [2.05, 4.69) is 10.3 Å². The van der Waals surface area contributed by atoms with Crippen LogP contribution in [-0.2, 0) is 11.2 Å². The number of hydrogen-bond acceptors (Lipinski definition) is 3. The van der Waals surface area contributed by atoms with E-state index >= 15 is 0 Å². The minimum Gasteiger partial charge on any atom is -0.350 e. The molecule has 0 aliphatic carbocycles. The van der Waals surface area contributed by atoms with Crippen LogP contribution in [0.5, 0.6) is 0 Å². The van der Waals surface area contributed by atoms with E-state index in [0.717, 1.165) is 5.56 Å². The highest BCUT2D eigenvalue weighted by Gasteiger charge is 2.15. The molecule has 136 valence electrons. The van der Waals surface area contributed by atoms with Crippen LogP contribution >= 0.6 is 11.6 Å². The lowest BCUT2D eigenvalue weighted by molar-refractivity contribution is -0.121. The Morgan fingerprint density at radius 2 is 2.12 bits per heavy atom. The zero-order chi connectivity index (χ0) is 19.4. The van der Waals surface area contributed by atoms with Crippen molar-refractivity contribution in [3.63, 3.8) is 0 Å². The molecule has 1 atom stereocenters. The molecule has 0 aliphatic heterocycles. The number of aryl methyl sites for hydroxylation is 1. The molecule has 2 N–H and O–H groups in total. The van der Waals surface area contributed by atoms with Crippen LogP contribution in [0.3, 0.4) is 0 Å². The second-order valence-electron chi connectivity index (χ2n) is 6.13. The van der Waals surface area contributed by atoms with Crippen LogP contribution in [0, 0.1) is 31.0 Å². The molecule has 1 amide bonds. The summed E-state index contributed by atoms with van der Waals surface area (Å²) in [5.41, 5.74) is 2.39. The van der Waals surface area contributed by atoms with E-state index in [9.17, 15) is 14.0 Å². The van der Waals surface area contributed by atoms with Crippen molar-refractivity contribution in [1.82, 2.24) is 10.3 Å². The van der Waals surface area contributed by atoms with Crippen LogP contribution in [0.4, 0.5) is 4.39 Å². The van der Waals surface area contributed by atoms with Crippen molar-refractivity contribution in [2.75, 3.05) is 0 Å². The number of carbonyl (C=O) groups is 1. The van der Waals surface area contributed by atoms with Crippen LogP contribution in [0.1, 0.15) is 47.3 Å². The lowest BCUT2D eigenvalue weighted by atomic mass is 9.99. The molecule has 0 radical (unpaired) electrons. The molecular formula is C19H19ClFN3O2. The summed E-state index contributed by atoms with van der Waals surface area (Å²) in [6.45, 7) is 5.23. The molecule has 0 bridgehead atoms. The summed E-state index contributed by atoms with van der Waals surface area (Å²) >= 11 is 5.77. The van der Waals surface area contributed by atoms with Gasteiger partial charge in [0.1, 0.15) is 17.4 Å². The first-order chi connectivity index (χ1) is 12.2. The molecule has 2 rings (SSSR count). The Hall–Kier alpha value is -2.65. The van der Waals surface area contributed by atoms with Gasteiger partial charge >= 0.3 is 0 Å². The van der Waals surface area contributed by atoms with Crippen molar-refractivity contribution in [3.05, 3.63) is 67.3 Å². The number of amides is 1. The van der Waals surface area contributed by atoms with E-state index < -0.39 is 11.4 Å². The fraction of sp³-hybridized carbons (Fsp3) is 0.316. The van der Waals surface area contributed by atoms with Crippen molar-refractivity contribution < 1.29 is 9.18 Å². The van der Waals surface area contributed by atoms with Crippen LogP contribution in [-0.4, -0.2) is 10.9 Å². The van der Waals surface area contributed by atoms with Crippen molar-refractivity contribution in [1.29, 1.82) is 5.26 Å². The average Bonchev–Trinajstić information content (AvgIpc) is 2.57. The maximum Gasteiger partial charge on any atom is 0.266 e. The van der Waals surface area contributed by atoms with E-state index in [1.807, 2.05) is 6.07 Å². The quantitative estimate of drug-likeness (QED) is 0.839. The summed E-state index contributed by atoms with van der Waals surface area (Å²) in [5.74, 6) is -0.701. The number of H-pyrrole nitrogens is 1. The summed E-state index contributed by atoms with van der Waals surface area (Å²) in [4.78, 5) is 26.6. The summed E-state index contributed by atoms with van der Waals surface area (Å²) in [5, 5.41) is 11.9. The van der Waals surface area contributed by atoms with Crippen LogP contribution in [0.2, 0.25) is 5.02 Å². The van der Waals surface area contributed by atoms with E-state index in [1.54, 1.807) is 26.8 Å². The van der Waals surface area contributed by atoms with E-state index in [4.69, 9.17) is 16.9 Å². The molecule has 7 heteroatoms. The van der Waals surface area contributed by atoms with Gasteiger partial charge in [-0.1, -0.05) is 17.7 Å². The summed E-state index contributed by atoms with van der Waals surface area (Å²) in [6, 6.07) is 5.88. The van der Waals surface area contributed by atoms with Gasteiger partial charge in [0.2, 0.25) is 5.91 Å². The minimum atomic E-state index is -0.508. The molecule has 5 nitrogen and oxygen atoms in total. The molecule has 0 spiro atoms. The first-order valence-electron chi connectivity index (χ1n) is 8.11. The lowest BCUT2D eigenvalue weighted by Crippen LogP contribution is -2.27. The van der Waals surface area contributed by atoms with E-state index in [-0.39, 0.29) is 29.0 Å². The largest absolute Gasteiger partial charge is 0.350 e. The fourth-order valence-electron chi connectivity index (χ4n) is 2.84. The minimum absolute atomic E-state index is 0.00659. The number of aromatic amines is 1. The highest BCUT2D eigenvalue weighted by Crippen LogP contribution is 2.21. The third-order valence-electron chi connectivity index (χ3n) is 4.34. The molecule has 0 aliphatic rings. The molecule has 1 aromatic carbocycles. The Labute approximate surface area is 155 Å². The van der Waals surface area contributed by atoms with Crippen LogP contribution < -0.4 is 10.9 Å². The second kappa shape index (κ2) is 8.15. The van der Waals surface area contributed by atoms with Gasteiger partial charge in [0.05, 0.1) is 11.1 Å². The number of nitrogens with one attached hydrogen (secondary N) is 2. The molecular weight excluding hydrogens is 357 g/mol. The Morgan fingerprint density at radius 3 is 2.73 bits per heavy atom. The molecule has 0 saturated heterocycles. The van der Waals surface area contributed by atoms with E-state index in [0.29, 0.717) is 23.2 Å². The normalized spacial score (nSPS) is 11.7. The first kappa shape index (κ1) is 19.7. The summed E-state index contributed by atoms with van der Waals surface area (Å²) in [6.07, 6.45) is 0.587. The Balaban J connectivity index is 2.06. The number of aromatic nitrogens is 1. The Morgan fingerprint density at radius 1 is 1.42 bits per heavy atom. The molecule has 0 saturated carbocycles. The number of carbonyl (C=O) groups excluding carboxylic acids is 1. The maximum absolute atomic E-state index is 13.2. The Kier molecular flexibility index (Phi) is 6.17. The third-order valence-corrected chi connectivity index (χ3v) is 4.63. The number of hydrogen-bond donors (Lipinski definition) is 2. The summed E-state index contributed by atoms with van der Waals surface area (Å²) < 4.78 is 13.2. The van der Waals surface area contributed by atoms with Gasteiger partial charge in [-0.15, -0.1) is 0 Å². The number of halogens is 2. The average molecular weight is 376 g/mol. The number of pyridine rings is 1. The van der Waals surface area contributed by atoms with Gasteiger partial charge < -0.3 is 10.3 Å². The van der Waals surface area contributed by atoms with Crippen molar-refractivity contribution in [3.8, 4) is 6.07 Å². The smallest absolute Gasteiger partial charge is 0.266 e. The van der Waals surface area contributed by atoms with Gasteiger partial charge in [0.25, 0.3) is 5.56 Å². The molecule has 2 aromatic rings. The number of nitrogens with zero attached hydrogens (tertiary/aromatic N) is 1. The lowest BCUT2D eigenvalue weighted by Gasteiger charge is -2.16. The molecule has 1 unspecified atom stereocenters. The van der Waals surface area contributed by atoms with Gasteiger partial charge in [-0.05, 0) is 56.0 Å². The van der Waals surface area contributed by atoms with Gasteiger partial charge in [0.15, 0.2) is 0 Å². The summed E-state index contributed by atoms with van der Waals surface area (Å²) in [7, 11) is 0. The zero-order valence-electron chi connectivity index (χ0n) is 14.7. The molecule has 26 heavy (non-hydrogen) atoms. The maximum atomic E-state index is 13.2. The van der Waals surface area contributed by atoms with E-state index in [1.165, 1.54) is 12.1 Å². The number of benzene rings is 1. The van der Waals surface area contributed by atoms with Crippen molar-refractivity contribution >= 4 is 17.5 Å². The second-order valence-corrected chi connectivity index (χ2v) is 6.54. The number of rotatable bonds is 5. The fourth-order valence-corrected chi connectivity index (χ4v) is 3.03. The van der Waals surface area contributed by atoms with Crippen LogP contribution in [0.25, 0.3) is 0 Å². The Bertz CT molecular complexity index is 947. The third kappa shape index (κ3) is 4.30. The van der Waals surface area contributed by atoms with Gasteiger partial charge in [-0.2, -0.15) is 5.26 Å². The molecule has 0 fully saturated rings. The van der Waals surface area contributed by atoms with Crippen molar-refractivity contribution in [2.24, 2.45) is 0 Å². The van der Waals surface area contributed by atoms with Crippen LogP contribution in [0.15, 0.2) is 23.0 Å². The van der Waals surface area contributed by atoms with Gasteiger partial charge in [0, 0.05) is 12.1 Å². The predicted molar refractivity (Wildman–Crippen MR) is 97.5 cm³/mol. The highest BCUT2D eigenvalue weighted by molar-refractivity contribution is 6.30. The number of nitriles is 1. The highest BCUT2D eigenvalue weighted by atomic mass is 35.5. The molecule has 1 heterocycles. The topological polar surface area (TPSA) is 85.8 Å². The SMILES string of the molecule is Cc1[nH]c(=O)c(C#N)c(C)c1CCC(=O)NC(C)c1ccc(F)c(Cl)c1. The predicted octanol–water partition coefficient (Wildman–Crippen LogP) is 3.47. The molecule has 1 aromatic heterocycles. The van der Waals surface area contributed by atoms with Gasteiger partial charge in [-0.25, -0.2) is 4.39 Å². The van der Waals surface area contributed by atoms with Gasteiger partial charge in [-0.3, -0.25) is 9.59 Å². The standard InChI is InChI=1S/C19H19ClFN3O2/c1-10-14(12(3)24-19(26)15(10)9-22)5-7-18(25)23-11(2)13-4-6-17(21)16(20)8-13/h4,6,8,11H,5,7H2,1-3H3,(H,23,25)(H,24,26). The first-order valence-corrected chi connectivity index (χ1v) is 8.49. The monoisotopic (exact) mass is 375 g/mol. The zero-order valence-corrected chi connectivity index (χ0v) is 15.5.